The van der Waals surface area contributed by atoms with Gasteiger partial charge in [0.25, 0.3) is 0 Å². The Morgan fingerprint density at radius 2 is 1.21 bits per heavy atom. The Kier molecular flexibility index (Phi) is 7.15. The molecule has 5 atom stereocenters. The highest BCUT2D eigenvalue weighted by Crippen LogP contribution is 2.28. The van der Waals surface area contributed by atoms with Gasteiger partial charge in [0.15, 0.2) is 18.3 Å². The van der Waals surface area contributed by atoms with Crippen LogP contribution in [0.2, 0.25) is 0 Å². The fourth-order valence-corrected chi connectivity index (χ4v) is 2.44. The fourth-order valence-electron chi connectivity index (χ4n) is 2.44. The van der Waals surface area contributed by atoms with Crippen LogP contribution in [-0.4, -0.2) is 61.0 Å². The molecule has 2 unspecified atom stereocenters. The molecular weight excluding hydrogens is 324 g/mol. The molecule has 136 valence electrons. The molecule has 0 bridgehead atoms. The van der Waals surface area contributed by atoms with Crippen molar-refractivity contribution in [2.45, 2.75) is 65.1 Å². The molecular formula is C15H22O9. The van der Waals surface area contributed by atoms with E-state index in [0.29, 0.717) is 0 Å². The zero-order chi connectivity index (χ0) is 18.4. The van der Waals surface area contributed by atoms with Crippen LogP contribution >= 0.6 is 0 Å². The summed E-state index contributed by atoms with van der Waals surface area (Å²) < 4.78 is 26.1. The summed E-state index contributed by atoms with van der Waals surface area (Å²) in [6.45, 7) is 6.17. The molecule has 9 nitrogen and oxygen atoms in total. The Morgan fingerprint density at radius 1 is 0.750 bits per heavy atom. The monoisotopic (exact) mass is 346 g/mol. The van der Waals surface area contributed by atoms with Crippen molar-refractivity contribution >= 4 is 23.9 Å². The number of esters is 4. The quantitative estimate of drug-likeness (QED) is 0.506. The van der Waals surface area contributed by atoms with Crippen molar-refractivity contribution in [3.63, 3.8) is 0 Å². The van der Waals surface area contributed by atoms with Gasteiger partial charge in [-0.15, -0.1) is 0 Å². The molecule has 24 heavy (non-hydrogen) atoms. The highest BCUT2D eigenvalue weighted by Gasteiger charge is 2.50. The molecule has 1 fully saturated rings. The summed E-state index contributed by atoms with van der Waals surface area (Å²) in [5, 5.41) is 0. The molecule has 0 saturated carbocycles. The highest BCUT2D eigenvalue weighted by molar-refractivity contribution is 5.68. The molecule has 1 heterocycles. The number of ether oxygens (including phenoxy) is 5. The number of carbonyl (C=O) groups excluding carboxylic acids is 4. The van der Waals surface area contributed by atoms with E-state index in [0.717, 1.165) is 0 Å². The zero-order valence-corrected chi connectivity index (χ0v) is 14.3. The molecule has 1 rings (SSSR count). The molecule has 9 heteroatoms. The predicted octanol–water partition coefficient (Wildman–Crippen LogP) is 0.132. The molecule has 0 amide bonds. The van der Waals surface area contributed by atoms with E-state index >= 15 is 0 Å². The second-order valence-corrected chi connectivity index (χ2v) is 5.40. The van der Waals surface area contributed by atoms with Gasteiger partial charge in [0.05, 0.1) is 6.10 Å². The first-order chi connectivity index (χ1) is 11.1. The van der Waals surface area contributed by atoms with Crippen LogP contribution in [0.3, 0.4) is 0 Å². The van der Waals surface area contributed by atoms with Gasteiger partial charge in [-0.2, -0.15) is 0 Å². The van der Waals surface area contributed by atoms with Gasteiger partial charge in [-0.25, -0.2) is 0 Å². The number of hydrogen-bond donors (Lipinski definition) is 0. The van der Waals surface area contributed by atoms with Crippen LogP contribution in [0.25, 0.3) is 0 Å². The SMILES string of the molecule is CC(=O)OC[C@H]1OC(C)[C@@H](OC(C)=O)[C@@H](OC(C)=O)C1OC(C)=O. The third-order valence-corrected chi connectivity index (χ3v) is 3.22. The minimum atomic E-state index is -1.09. The second-order valence-electron chi connectivity index (χ2n) is 5.40. The van der Waals surface area contributed by atoms with Crippen LogP contribution in [0.15, 0.2) is 0 Å². The number of carbonyl (C=O) groups is 4. The van der Waals surface area contributed by atoms with E-state index in [1.807, 2.05) is 0 Å². The average Bonchev–Trinajstić information content (AvgIpc) is 2.42. The molecule has 1 aliphatic heterocycles. The topological polar surface area (TPSA) is 114 Å². The van der Waals surface area contributed by atoms with E-state index in [1.165, 1.54) is 27.7 Å². The van der Waals surface area contributed by atoms with Crippen molar-refractivity contribution in [2.24, 2.45) is 0 Å². The first-order valence-corrected chi connectivity index (χ1v) is 7.42. The number of hydrogen-bond acceptors (Lipinski definition) is 9. The van der Waals surface area contributed by atoms with Gasteiger partial charge < -0.3 is 23.7 Å². The molecule has 1 saturated heterocycles. The lowest BCUT2D eigenvalue weighted by Gasteiger charge is -2.43. The molecule has 1 aliphatic rings. The average molecular weight is 346 g/mol. The van der Waals surface area contributed by atoms with Gasteiger partial charge in [0, 0.05) is 27.7 Å². The van der Waals surface area contributed by atoms with Crippen molar-refractivity contribution in [3.05, 3.63) is 0 Å². The van der Waals surface area contributed by atoms with Crippen molar-refractivity contribution < 1.29 is 42.9 Å². The predicted molar refractivity (Wildman–Crippen MR) is 77.6 cm³/mol. The third-order valence-electron chi connectivity index (χ3n) is 3.22. The van der Waals surface area contributed by atoms with Gasteiger partial charge >= 0.3 is 23.9 Å². The Balaban J connectivity index is 3.11. The lowest BCUT2D eigenvalue weighted by atomic mass is 9.95. The maximum absolute atomic E-state index is 11.4. The second kappa shape index (κ2) is 8.62. The van der Waals surface area contributed by atoms with E-state index in [1.54, 1.807) is 6.92 Å². The summed E-state index contributed by atoms with van der Waals surface area (Å²) in [7, 11) is 0. The van der Waals surface area contributed by atoms with Crippen molar-refractivity contribution in [2.75, 3.05) is 6.61 Å². The highest BCUT2D eigenvalue weighted by atomic mass is 16.7. The van der Waals surface area contributed by atoms with Crippen LogP contribution < -0.4 is 0 Å². The van der Waals surface area contributed by atoms with Crippen LogP contribution in [0.4, 0.5) is 0 Å². The normalized spacial score (nSPS) is 29.3. The van der Waals surface area contributed by atoms with Gasteiger partial charge in [0.2, 0.25) is 0 Å². The summed E-state index contributed by atoms with van der Waals surface area (Å²) in [4.78, 5) is 45.2. The lowest BCUT2D eigenvalue weighted by molar-refractivity contribution is -0.249. The molecule has 0 spiro atoms. The van der Waals surface area contributed by atoms with Gasteiger partial charge in [-0.1, -0.05) is 0 Å². The van der Waals surface area contributed by atoms with E-state index in [2.05, 4.69) is 0 Å². The Morgan fingerprint density at radius 3 is 1.67 bits per heavy atom. The van der Waals surface area contributed by atoms with Gasteiger partial charge in [0.1, 0.15) is 12.7 Å². The summed E-state index contributed by atoms with van der Waals surface area (Å²) in [5.74, 6) is -2.44. The standard InChI is InChI=1S/C15H22O9/c1-7-13(22-9(3)17)15(24-11(5)19)14(23-10(4)18)12(21-7)6-20-8(2)16/h7,12-15H,6H2,1-5H3/t7?,12-,13-,14?,15-/m1/s1. The Labute approximate surface area is 139 Å². The van der Waals surface area contributed by atoms with E-state index in [9.17, 15) is 19.2 Å². The van der Waals surface area contributed by atoms with Crippen molar-refractivity contribution in [1.29, 1.82) is 0 Å². The van der Waals surface area contributed by atoms with E-state index < -0.39 is 54.4 Å². The van der Waals surface area contributed by atoms with Crippen molar-refractivity contribution in [1.82, 2.24) is 0 Å². The van der Waals surface area contributed by atoms with Gasteiger partial charge in [-0.05, 0) is 6.92 Å². The zero-order valence-electron chi connectivity index (χ0n) is 14.3. The Hall–Kier alpha value is -2.16. The summed E-state index contributed by atoms with van der Waals surface area (Å²) in [6.07, 6.45) is -4.69. The lowest BCUT2D eigenvalue weighted by Crippen LogP contribution is -2.61. The van der Waals surface area contributed by atoms with E-state index in [4.69, 9.17) is 23.7 Å². The van der Waals surface area contributed by atoms with Crippen LogP contribution in [0, 0.1) is 0 Å². The van der Waals surface area contributed by atoms with Gasteiger partial charge in [-0.3, -0.25) is 19.2 Å². The molecule has 0 aromatic heterocycles. The molecule has 0 N–H and O–H groups in total. The van der Waals surface area contributed by atoms with Crippen LogP contribution in [0.1, 0.15) is 34.6 Å². The largest absolute Gasteiger partial charge is 0.463 e. The third kappa shape index (κ3) is 5.80. The maximum Gasteiger partial charge on any atom is 0.303 e. The number of rotatable bonds is 5. The maximum atomic E-state index is 11.4. The molecule has 0 aliphatic carbocycles. The fraction of sp³-hybridized carbons (Fsp3) is 0.733. The summed E-state index contributed by atoms with van der Waals surface area (Å²) >= 11 is 0. The van der Waals surface area contributed by atoms with Crippen LogP contribution in [-0.2, 0) is 42.9 Å². The minimum Gasteiger partial charge on any atom is -0.463 e. The molecule has 0 aromatic rings. The first kappa shape index (κ1) is 19.9. The van der Waals surface area contributed by atoms with Crippen molar-refractivity contribution in [3.8, 4) is 0 Å². The smallest absolute Gasteiger partial charge is 0.303 e. The summed E-state index contributed by atoms with van der Waals surface area (Å²) in [5.41, 5.74) is 0. The van der Waals surface area contributed by atoms with E-state index in [-0.39, 0.29) is 6.61 Å². The first-order valence-electron chi connectivity index (χ1n) is 7.42. The Bertz CT molecular complexity index is 501. The molecule has 0 radical (unpaired) electrons. The minimum absolute atomic E-state index is 0.206. The summed E-state index contributed by atoms with van der Waals surface area (Å²) in [6, 6.07) is 0. The van der Waals surface area contributed by atoms with Crippen LogP contribution in [0.5, 0.6) is 0 Å². The molecule has 0 aromatic carbocycles.